The molecule has 0 aromatic heterocycles. The predicted octanol–water partition coefficient (Wildman–Crippen LogP) is 35.3. The molecule has 20 aromatic rings. The second kappa shape index (κ2) is 35.5. The maximum atomic E-state index is 15.1. The molecular formula is C127H114F3N5Si3. The first-order valence-electron chi connectivity index (χ1n) is 46.4. The van der Waals surface area contributed by atoms with Crippen molar-refractivity contribution in [1.29, 1.82) is 0 Å². The van der Waals surface area contributed by atoms with Gasteiger partial charge in [-0.05, 0) is 270 Å². The van der Waals surface area contributed by atoms with E-state index in [0.717, 1.165) is 134 Å². The largest absolute Gasteiger partial charge is 0.310 e. The van der Waals surface area contributed by atoms with Crippen LogP contribution in [0.2, 0.25) is 58.9 Å². The Kier molecular flexibility index (Phi) is 23.7. The standard InChI is InChI=1S/C69H57F2N3Si2.C54H41FN2Si.4CH4/c1-75(2,3)53-40-36-51(37-41-53)72(49-32-28-46(70)29-33-49)65-44-61-67(57-22-12-10-20-55(57)65)68-58-23-13-11-21-56(58)66(73(50-34-30-47(71)31-35-50)52-38-42-54(43-39-52)76(4,5)6)45-62(68)69(61)59-24-14-16-26-63(59)74(48-18-8-7-9-19-48)64-27-17-15-25-60(64)69;1-58(2,3)41-32-30-40(31-33-41)56(39-28-26-37(55)27-29-39)51-35-48-53(44-20-10-9-19-43(44)51)52-42-18-8-7-15-36(42)25-34-47(52)54(48)45-21-11-13-23-49(45)57(38-16-5-4-6-17-38)50-24-14-12-22-46(50)54;;;;/h7-45H,1-6H3;4-35H,1-3H3;4*1H4. The van der Waals surface area contributed by atoms with Crippen LogP contribution < -0.4 is 40.1 Å². The summed E-state index contributed by atoms with van der Waals surface area (Å²) < 4.78 is 44.9. The van der Waals surface area contributed by atoms with E-state index >= 15 is 8.78 Å². The normalized spacial score (nSPS) is 13.1. The van der Waals surface area contributed by atoms with Gasteiger partial charge in [0.1, 0.15) is 17.5 Å². The number of nitrogens with zero attached hydrogens (tertiary/aromatic N) is 5. The first-order chi connectivity index (χ1) is 65.1. The van der Waals surface area contributed by atoms with Gasteiger partial charge in [0, 0.05) is 61.7 Å². The quantitative estimate of drug-likeness (QED) is 0.101. The Morgan fingerprint density at radius 2 is 0.428 bits per heavy atom. The summed E-state index contributed by atoms with van der Waals surface area (Å²) in [7, 11) is -4.89. The first-order valence-corrected chi connectivity index (χ1v) is 56.9. The van der Waals surface area contributed by atoms with Gasteiger partial charge in [0.15, 0.2) is 0 Å². The molecule has 4 aliphatic rings. The molecule has 2 heterocycles. The van der Waals surface area contributed by atoms with Crippen molar-refractivity contribution in [3.05, 3.63) is 493 Å². The monoisotopic (exact) mass is 1850 g/mol. The van der Waals surface area contributed by atoms with Gasteiger partial charge in [0.05, 0.1) is 74.9 Å². The molecule has 0 atom stereocenters. The van der Waals surface area contributed by atoms with Gasteiger partial charge in [-0.3, -0.25) is 0 Å². The lowest BCUT2D eigenvalue weighted by atomic mass is 9.64. The van der Waals surface area contributed by atoms with Gasteiger partial charge in [-0.25, -0.2) is 13.2 Å². The molecule has 11 heteroatoms. The van der Waals surface area contributed by atoms with E-state index in [0.29, 0.717) is 0 Å². The minimum Gasteiger partial charge on any atom is -0.310 e. The Labute approximate surface area is 814 Å². The molecule has 20 aromatic carbocycles. The van der Waals surface area contributed by atoms with Crippen molar-refractivity contribution < 1.29 is 13.2 Å². The maximum absolute atomic E-state index is 15.1. The minimum absolute atomic E-state index is 0. The van der Waals surface area contributed by atoms with Gasteiger partial charge in [-0.1, -0.05) is 359 Å². The zero-order valence-electron chi connectivity index (χ0n) is 76.4. The average molecular weight is 1850 g/mol. The highest BCUT2D eigenvalue weighted by atomic mass is 28.3. The minimum atomic E-state index is -1.66. The lowest BCUT2D eigenvalue weighted by Crippen LogP contribution is -2.37. The summed E-state index contributed by atoms with van der Waals surface area (Å²) in [6.45, 7) is 21.4. The molecule has 0 amide bonds. The molecule has 0 bridgehead atoms. The highest BCUT2D eigenvalue weighted by Crippen LogP contribution is 2.70. The molecule has 0 radical (unpaired) electrons. The molecule has 2 aliphatic heterocycles. The Bertz CT molecular complexity index is 7740. The van der Waals surface area contributed by atoms with Crippen molar-refractivity contribution in [2.45, 2.75) is 99.5 Å². The Balaban J connectivity index is 0.000000177. The van der Waals surface area contributed by atoms with Crippen molar-refractivity contribution >= 4 is 168 Å². The summed E-state index contributed by atoms with van der Waals surface area (Å²) in [5.74, 6) is -0.821. The van der Waals surface area contributed by atoms with Gasteiger partial charge in [-0.15, -0.1) is 0 Å². The smallest absolute Gasteiger partial charge is 0.123 e. The van der Waals surface area contributed by atoms with E-state index in [-0.39, 0.29) is 47.2 Å². The van der Waals surface area contributed by atoms with Crippen molar-refractivity contribution in [3.8, 4) is 22.3 Å². The van der Waals surface area contributed by atoms with Crippen LogP contribution in [0, 0.1) is 17.5 Å². The van der Waals surface area contributed by atoms with Crippen molar-refractivity contribution in [2.75, 3.05) is 24.5 Å². The number of anilines is 15. The number of fused-ring (bicyclic) bond motifs is 26. The van der Waals surface area contributed by atoms with Crippen LogP contribution in [-0.4, -0.2) is 24.2 Å². The van der Waals surface area contributed by atoms with Crippen LogP contribution in [-0.2, 0) is 10.8 Å². The summed E-state index contributed by atoms with van der Waals surface area (Å²) in [6.07, 6.45) is 0. The number of rotatable bonds is 14. The Morgan fingerprint density at radius 3 is 0.710 bits per heavy atom. The third-order valence-electron chi connectivity index (χ3n) is 28.3. The number of hydrogen-bond donors (Lipinski definition) is 0. The van der Waals surface area contributed by atoms with Crippen LogP contribution >= 0.6 is 0 Å². The SMILES string of the molecule is C.C.C.C.C[Si](C)(C)c1ccc(N(c2ccc(F)cc2)c2cc3c(c4ccccc24)-c2c(cc(N(c4ccc(F)cc4)c4ccc([Si](C)(C)C)cc4)c4ccccc24)C32c3ccccc3N(c3ccccc3)c3ccccc32)cc1.C[Si](C)(C)c1ccc(N(c2ccc(F)cc2)c2cc3c(c4ccccc24)-c2c(ccc4ccccc24)C32c3ccccc3N(c3ccccc3)c3ccccc32)cc1. The van der Waals surface area contributed by atoms with Crippen LogP contribution in [0.15, 0.2) is 431 Å². The summed E-state index contributed by atoms with van der Waals surface area (Å²) in [5.41, 5.74) is 28.3. The molecule has 138 heavy (non-hydrogen) atoms. The van der Waals surface area contributed by atoms with E-state index in [1.54, 1.807) is 36.4 Å². The van der Waals surface area contributed by atoms with Crippen LogP contribution in [0.25, 0.3) is 65.3 Å². The molecule has 0 N–H and O–H groups in total. The summed E-state index contributed by atoms with van der Waals surface area (Å²) in [5, 5.41) is 13.3. The predicted molar refractivity (Wildman–Crippen MR) is 594 cm³/mol. The maximum Gasteiger partial charge on any atom is 0.123 e. The zero-order valence-corrected chi connectivity index (χ0v) is 79.4. The van der Waals surface area contributed by atoms with Crippen LogP contribution in [0.1, 0.15) is 74.2 Å². The van der Waals surface area contributed by atoms with E-state index in [4.69, 9.17) is 0 Å². The number of hydrogen-bond acceptors (Lipinski definition) is 5. The lowest BCUT2D eigenvalue weighted by Gasteiger charge is -2.45. The molecular weight excluding hydrogens is 1740 g/mol. The second-order valence-electron chi connectivity index (χ2n) is 39.0. The van der Waals surface area contributed by atoms with Gasteiger partial charge < -0.3 is 24.5 Å². The highest BCUT2D eigenvalue weighted by molar-refractivity contribution is 6.89. The molecule has 0 fully saturated rings. The van der Waals surface area contributed by atoms with E-state index < -0.39 is 35.1 Å². The summed E-state index contributed by atoms with van der Waals surface area (Å²) in [4.78, 5) is 11.8. The topological polar surface area (TPSA) is 16.2 Å². The van der Waals surface area contributed by atoms with E-state index in [1.807, 2.05) is 36.4 Å². The molecule has 680 valence electrons. The number of para-hydroxylation sites is 6. The second-order valence-corrected chi connectivity index (χ2v) is 54.3. The third kappa shape index (κ3) is 14.7. The van der Waals surface area contributed by atoms with Gasteiger partial charge >= 0.3 is 0 Å². The van der Waals surface area contributed by atoms with Gasteiger partial charge in [0.25, 0.3) is 0 Å². The van der Waals surface area contributed by atoms with E-state index in [2.05, 4.69) is 441 Å². The number of halogens is 3. The summed E-state index contributed by atoms with van der Waals surface area (Å²) >= 11 is 0. The Morgan fingerprint density at radius 1 is 0.203 bits per heavy atom. The fraction of sp³-hybridized carbons (Fsp3) is 0.118. The first kappa shape index (κ1) is 92.0. The Hall–Kier alpha value is -15.1. The number of benzene rings is 20. The van der Waals surface area contributed by atoms with Gasteiger partial charge in [-0.2, -0.15) is 0 Å². The molecule has 0 saturated carbocycles. The third-order valence-corrected chi connectivity index (χ3v) is 34.5. The summed E-state index contributed by atoms with van der Waals surface area (Å²) in [6, 6.07) is 153. The van der Waals surface area contributed by atoms with E-state index in [9.17, 15) is 4.39 Å². The average Bonchev–Trinajstić information content (AvgIpc) is 1.50. The van der Waals surface area contributed by atoms with E-state index in [1.165, 1.54) is 76.2 Å². The molecule has 24 rings (SSSR count). The molecule has 0 saturated heterocycles. The van der Waals surface area contributed by atoms with Crippen molar-refractivity contribution in [2.24, 2.45) is 0 Å². The van der Waals surface area contributed by atoms with Crippen molar-refractivity contribution in [3.63, 3.8) is 0 Å². The fourth-order valence-corrected chi connectivity index (χ4v) is 25.7. The highest BCUT2D eigenvalue weighted by Gasteiger charge is 2.56. The molecule has 0 unspecified atom stereocenters. The van der Waals surface area contributed by atoms with Crippen LogP contribution in [0.5, 0.6) is 0 Å². The molecule has 2 aliphatic carbocycles. The fourth-order valence-electron chi connectivity index (χ4n) is 22.2. The van der Waals surface area contributed by atoms with Crippen molar-refractivity contribution in [1.82, 2.24) is 0 Å². The lowest BCUT2D eigenvalue weighted by molar-refractivity contribution is 0.627. The molecule has 5 nitrogen and oxygen atoms in total. The zero-order chi connectivity index (χ0) is 91.3. The van der Waals surface area contributed by atoms with Crippen LogP contribution in [0.4, 0.5) is 98.5 Å². The van der Waals surface area contributed by atoms with Crippen LogP contribution in [0.3, 0.4) is 0 Å². The molecule has 2 spiro atoms. The van der Waals surface area contributed by atoms with Gasteiger partial charge in [0.2, 0.25) is 0 Å².